The van der Waals surface area contributed by atoms with Crippen LogP contribution in [0.1, 0.15) is 38.2 Å². The molecule has 1 aliphatic heterocycles. The van der Waals surface area contributed by atoms with Gasteiger partial charge >= 0.3 is 0 Å². The van der Waals surface area contributed by atoms with Crippen molar-refractivity contribution >= 4 is 5.91 Å². The van der Waals surface area contributed by atoms with Crippen molar-refractivity contribution in [3.63, 3.8) is 0 Å². The number of aliphatic hydroxyl groups excluding tert-OH is 1. The van der Waals surface area contributed by atoms with Crippen LogP contribution in [0.25, 0.3) is 0 Å². The lowest BCUT2D eigenvalue weighted by Crippen LogP contribution is -2.55. The monoisotopic (exact) mass is 308 g/mol. The molecule has 0 saturated carbocycles. The average molecular weight is 308 g/mol. The van der Waals surface area contributed by atoms with Gasteiger partial charge in [0.15, 0.2) is 11.4 Å². The second-order valence-corrected chi connectivity index (χ2v) is 6.38. The lowest BCUT2D eigenvalue weighted by molar-refractivity contribution is -0.139. The minimum absolute atomic E-state index is 0.0397. The van der Waals surface area contributed by atoms with Gasteiger partial charge in [0.1, 0.15) is 0 Å². The summed E-state index contributed by atoms with van der Waals surface area (Å²) in [6.07, 6.45) is 1.16. The van der Waals surface area contributed by atoms with Gasteiger partial charge in [-0.25, -0.2) is 4.98 Å². The normalized spacial score (nSPS) is 21.0. The lowest BCUT2D eigenvalue weighted by atomic mass is 10.0. The SMILES string of the molecule is CC(C)Oc1cccnc1C(=O)N1CC(CO)OC(C)(C)C1. The average Bonchev–Trinajstić information content (AvgIpc) is 2.44. The van der Waals surface area contributed by atoms with Crippen LogP contribution in [0, 0.1) is 0 Å². The molecule has 1 saturated heterocycles. The third kappa shape index (κ3) is 3.96. The molecular formula is C16H24N2O4. The minimum atomic E-state index is -0.505. The number of rotatable bonds is 4. The Morgan fingerprint density at radius 2 is 2.32 bits per heavy atom. The topological polar surface area (TPSA) is 71.9 Å². The summed E-state index contributed by atoms with van der Waals surface area (Å²) in [6, 6.07) is 3.49. The van der Waals surface area contributed by atoms with E-state index in [0.717, 1.165) is 0 Å². The fourth-order valence-corrected chi connectivity index (χ4v) is 2.60. The van der Waals surface area contributed by atoms with E-state index in [9.17, 15) is 9.90 Å². The van der Waals surface area contributed by atoms with Crippen molar-refractivity contribution in [1.29, 1.82) is 0 Å². The van der Waals surface area contributed by atoms with Crippen molar-refractivity contribution in [3.05, 3.63) is 24.0 Å². The van der Waals surface area contributed by atoms with E-state index in [0.29, 0.717) is 24.5 Å². The third-order valence-electron chi connectivity index (χ3n) is 3.31. The van der Waals surface area contributed by atoms with Crippen LogP contribution < -0.4 is 4.74 Å². The molecule has 1 aliphatic rings. The molecule has 0 bridgehead atoms. The maximum Gasteiger partial charge on any atom is 0.276 e. The predicted octanol–water partition coefficient (Wildman–Crippen LogP) is 1.48. The smallest absolute Gasteiger partial charge is 0.276 e. The molecular weight excluding hydrogens is 284 g/mol. The molecule has 0 aromatic carbocycles. The van der Waals surface area contributed by atoms with Gasteiger partial charge in [-0.1, -0.05) is 0 Å². The van der Waals surface area contributed by atoms with Gasteiger partial charge in [0.25, 0.3) is 5.91 Å². The lowest BCUT2D eigenvalue weighted by Gasteiger charge is -2.42. The van der Waals surface area contributed by atoms with Gasteiger partial charge in [-0.05, 0) is 39.8 Å². The highest BCUT2D eigenvalue weighted by Crippen LogP contribution is 2.25. The van der Waals surface area contributed by atoms with Crippen LogP contribution in [0.5, 0.6) is 5.75 Å². The van der Waals surface area contributed by atoms with Crippen LogP contribution >= 0.6 is 0 Å². The number of aliphatic hydroxyl groups is 1. The number of aromatic nitrogens is 1. The number of pyridine rings is 1. The van der Waals surface area contributed by atoms with E-state index in [1.54, 1.807) is 23.2 Å². The Morgan fingerprint density at radius 3 is 2.95 bits per heavy atom. The number of morpholine rings is 1. The zero-order valence-electron chi connectivity index (χ0n) is 13.6. The Labute approximate surface area is 131 Å². The summed E-state index contributed by atoms with van der Waals surface area (Å²) in [6.45, 7) is 8.28. The van der Waals surface area contributed by atoms with Gasteiger partial charge in [-0.2, -0.15) is 0 Å². The molecule has 1 amide bonds. The first-order chi connectivity index (χ1) is 10.3. The summed E-state index contributed by atoms with van der Waals surface area (Å²) in [7, 11) is 0. The van der Waals surface area contributed by atoms with Crippen LogP contribution in [0.2, 0.25) is 0 Å². The summed E-state index contributed by atoms with van der Waals surface area (Å²) in [4.78, 5) is 18.7. The Morgan fingerprint density at radius 1 is 1.59 bits per heavy atom. The predicted molar refractivity (Wildman–Crippen MR) is 81.9 cm³/mol. The molecule has 0 spiro atoms. The zero-order valence-corrected chi connectivity index (χ0v) is 13.6. The van der Waals surface area contributed by atoms with E-state index >= 15 is 0 Å². The van der Waals surface area contributed by atoms with Gasteiger partial charge in [-0.3, -0.25) is 4.79 Å². The number of amides is 1. The minimum Gasteiger partial charge on any atom is -0.489 e. The number of ether oxygens (including phenoxy) is 2. The van der Waals surface area contributed by atoms with E-state index in [1.807, 2.05) is 27.7 Å². The van der Waals surface area contributed by atoms with Crippen LogP contribution in [-0.2, 0) is 4.74 Å². The molecule has 2 heterocycles. The van der Waals surface area contributed by atoms with Crippen LogP contribution in [0.15, 0.2) is 18.3 Å². The maximum atomic E-state index is 12.8. The van der Waals surface area contributed by atoms with E-state index in [-0.39, 0.29) is 24.7 Å². The number of hydrogen-bond acceptors (Lipinski definition) is 5. The Balaban J connectivity index is 2.24. The van der Waals surface area contributed by atoms with Crippen molar-refractivity contribution in [1.82, 2.24) is 9.88 Å². The summed E-state index contributed by atoms with van der Waals surface area (Å²) in [5, 5.41) is 9.36. The number of carbonyl (C=O) groups excluding carboxylic acids is 1. The number of carbonyl (C=O) groups is 1. The first-order valence-corrected chi connectivity index (χ1v) is 7.52. The largest absolute Gasteiger partial charge is 0.489 e. The van der Waals surface area contributed by atoms with Crippen molar-refractivity contribution in [3.8, 4) is 5.75 Å². The highest BCUT2D eigenvalue weighted by atomic mass is 16.5. The fraction of sp³-hybridized carbons (Fsp3) is 0.625. The van der Waals surface area contributed by atoms with Crippen LogP contribution in [0.4, 0.5) is 0 Å². The third-order valence-corrected chi connectivity index (χ3v) is 3.31. The molecule has 1 atom stereocenters. The van der Waals surface area contributed by atoms with Crippen molar-refractivity contribution < 1.29 is 19.4 Å². The second kappa shape index (κ2) is 6.62. The van der Waals surface area contributed by atoms with Gasteiger partial charge in [0.2, 0.25) is 0 Å². The molecule has 2 rings (SSSR count). The standard InChI is InChI=1S/C16H24N2O4/c1-11(2)21-13-6-5-7-17-14(13)15(20)18-8-12(9-19)22-16(3,4)10-18/h5-7,11-12,19H,8-10H2,1-4H3. The first-order valence-electron chi connectivity index (χ1n) is 7.52. The summed E-state index contributed by atoms with van der Waals surface area (Å²) >= 11 is 0. The van der Waals surface area contributed by atoms with Crippen LogP contribution in [0.3, 0.4) is 0 Å². The molecule has 1 fully saturated rings. The van der Waals surface area contributed by atoms with E-state index < -0.39 is 5.60 Å². The summed E-state index contributed by atoms with van der Waals surface area (Å²) in [5.41, 5.74) is -0.208. The fourth-order valence-electron chi connectivity index (χ4n) is 2.60. The molecule has 122 valence electrons. The zero-order chi connectivity index (χ0) is 16.3. The number of hydrogen-bond donors (Lipinski definition) is 1. The molecule has 0 radical (unpaired) electrons. The van der Waals surface area contributed by atoms with Crippen molar-refractivity contribution in [2.24, 2.45) is 0 Å². The quantitative estimate of drug-likeness (QED) is 0.912. The van der Waals surface area contributed by atoms with Crippen molar-refractivity contribution in [2.75, 3.05) is 19.7 Å². The van der Waals surface area contributed by atoms with E-state index in [1.165, 1.54) is 0 Å². The second-order valence-electron chi connectivity index (χ2n) is 6.38. The van der Waals surface area contributed by atoms with Gasteiger partial charge in [-0.15, -0.1) is 0 Å². The molecule has 1 aromatic rings. The van der Waals surface area contributed by atoms with Gasteiger partial charge in [0.05, 0.1) is 24.4 Å². The molecule has 6 heteroatoms. The molecule has 1 unspecified atom stereocenters. The Hall–Kier alpha value is -1.66. The Bertz CT molecular complexity index is 531. The van der Waals surface area contributed by atoms with Crippen molar-refractivity contribution in [2.45, 2.75) is 45.5 Å². The molecule has 0 aliphatic carbocycles. The van der Waals surface area contributed by atoms with E-state index in [4.69, 9.17) is 9.47 Å². The molecule has 1 N–H and O–H groups in total. The summed E-state index contributed by atoms with van der Waals surface area (Å²) in [5.74, 6) is 0.276. The molecule has 22 heavy (non-hydrogen) atoms. The van der Waals surface area contributed by atoms with Gasteiger partial charge < -0.3 is 19.5 Å². The number of nitrogens with zero attached hydrogens (tertiary/aromatic N) is 2. The highest BCUT2D eigenvalue weighted by Gasteiger charge is 2.36. The van der Waals surface area contributed by atoms with E-state index in [2.05, 4.69) is 4.98 Å². The summed E-state index contributed by atoms with van der Waals surface area (Å²) < 4.78 is 11.4. The molecule has 1 aromatic heterocycles. The first kappa shape index (κ1) is 16.7. The Kier molecular flexibility index (Phi) is 5.03. The molecule has 6 nitrogen and oxygen atoms in total. The highest BCUT2D eigenvalue weighted by molar-refractivity contribution is 5.95. The maximum absolute atomic E-state index is 12.8. The van der Waals surface area contributed by atoms with Gasteiger partial charge in [0, 0.05) is 19.3 Å². The van der Waals surface area contributed by atoms with Crippen LogP contribution in [-0.4, -0.2) is 58.4 Å².